The van der Waals surface area contributed by atoms with E-state index >= 15 is 0 Å². The Morgan fingerprint density at radius 2 is 2.20 bits per heavy atom. The first-order valence-corrected chi connectivity index (χ1v) is 7.37. The molecule has 1 saturated heterocycles. The number of amides is 1. The first-order valence-electron chi connectivity index (χ1n) is 7.37. The van der Waals surface area contributed by atoms with Gasteiger partial charge in [0.25, 0.3) is 0 Å². The predicted molar refractivity (Wildman–Crippen MR) is 81.1 cm³/mol. The zero-order valence-electron chi connectivity index (χ0n) is 12.4. The number of para-hydroxylation sites is 2. The van der Waals surface area contributed by atoms with Gasteiger partial charge < -0.3 is 15.0 Å². The van der Waals surface area contributed by atoms with Crippen LogP contribution in [0.4, 0.5) is 5.69 Å². The summed E-state index contributed by atoms with van der Waals surface area (Å²) in [6, 6.07) is 8.10. The molecule has 110 valence electrons. The fraction of sp³-hybridized carbons (Fsp3) is 0.562. The molecule has 0 radical (unpaired) electrons. The van der Waals surface area contributed by atoms with Gasteiger partial charge in [-0.25, -0.2) is 0 Å². The molecule has 1 aromatic carbocycles. The lowest BCUT2D eigenvalue weighted by atomic mass is 10.0. The van der Waals surface area contributed by atoms with E-state index in [-0.39, 0.29) is 5.91 Å². The minimum atomic E-state index is 0.0484. The molecule has 1 amide bonds. The maximum Gasteiger partial charge on any atom is 0.225 e. The average Bonchev–Trinajstić information content (AvgIpc) is 2.47. The molecule has 1 aliphatic heterocycles. The van der Waals surface area contributed by atoms with E-state index in [1.165, 1.54) is 19.3 Å². The van der Waals surface area contributed by atoms with E-state index in [2.05, 4.69) is 17.1 Å². The van der Waals surface area contributed by atoms with Gasteiger partial charge in [-0.3, -0.25) is 4.79 Å². The molecule has 20 heavy (non-hydrogen) atoms. The van der Waals surface area contributed by atoms with Gasteiger partial charge in [0.2, 0.25) is 5.91 Å². The molecule has 0 saturated carbocycles. The quantitative estimate of drug-likeness (QED) is 0.899. The molecule has 1 fully saturated rings. The third-order valence-corrected chi connectivity index (χ3v) is 3.95. The van der Waals surface area contributed by atoms with Gasteiger partial charge in [0.1, 0.15) is 5.75 Å². The molecule has 1 aromatic rings. The highest BCUT2D eigenvalue weighted by Crippen LogP contribution is 2.23. The second-order valence-electron chi connectivity index (χ2n) is 5.38. The van der Waals surface area contributed by atoms with Gasteiger partial charge in [-0.05, 0) is 38.4 Å². The second kappa shape index (κ2) is 7.29. The number of hydrogen-bond donors (Lipinski definition) is 1. The monoisotopic (exact) mass is 276 g/mol. The minimum Gasteiger partial charge on any atom is -0.495 e. The highest BCUT2D eigenvalue weighted by molar-refractivity contribution is 5.92. The Morgan fingerprint density at radius 1 is 1.40 bits per heavy atom. The zero-order chi connectivity index (χ0) is 14.4. The number of hydrogen-bond acceptors (Lipinski definition) is 3. The van der Waals surface area contributed by atoms with Gasteiger partial charge in [-0.15, -0.1) is 0 Å². The molecule has 0 bridgehead atoms. The highest BCUT2D eigenvalue weighted by atomic mass is 16.5. The average molecular weight is 276 g/mol. The van der Waals surface area contributed by atoms with Gasteiger partial charge >= 0.3 is 0 Å². The van der Waals surface area contributed by atoms with Crippen molar-refractivity contribution in [2.75, 3.05) is 25.5 Å². The number of ether oxygens (including phenoxy) is 1. The summed E-state index contributed by atoms with van der Waals surface area (Å²) in [5.74, 6) is 0.750. The van der Waals surface area contributed by atoms with E-state index in [0.717, 1.165) is 18.8 Å². The van der Waals surface area contributed by atoms with Crippen molar-refractivity contribution in [1.29, 1.82) is 0 Å². The normalized spacial score (nSPS) is 19.6. The molecular weight excluding hydrogens is 252 g/mol. The fourth-order valence-corrected chi connectivity index (χ4v) is 2.70. The lowest BCUT2D eigenvalue weighted by Gasteiger charge is -2.33. The number of carbonyl (C=O) groups excluding carboxylic acids is 1. The summed E-state index contributed by atoms with van der Waals surface area (Å²) in [6.45, 7) is 4.20. The van der Waals surface area contributed by atoms with Crippen molar-refractivity contribution < 1.29 is 9.53 Å². The lowest BCUT2D eigenvalue weighted by Crippen LogP contribution is -2.39. The molecular formula is C16H24N2O2. The summed E-state index contributed by atoms with van der Waals surface area (Å²) >= 11 is 0. The van der Waals surface area contributed by atoms with E-state index in [9.17, 15) is 4.79 Å². The van der Waals surface area contributed by atoms with Crippen molar-refractivity contribution in [2.45, 2.75) is 38.6 Å². The molecule has 1 unspecified atom stereocenters. The van der Waals surface area contributed by atoms with Crippen molar-refractivity contribution in [1.82, 2.24) is 4.90 Å². The molecule has 2 rings (SSSR count). The fourth-order valence-electron chi connectivity index (χ4n) is 2.70. The molecule has 4 heteroatoms. The van der Waals surface area contributed by atoms with Crippen LogP contribution in [0.1, 0.15) is 32.6 Å². The Morgan fingerprint density at radius 3 is 2.95 bits per heavy atom. The molecule has 1 N–H and O–H groups in total. The number of nitrogens with one attached hydrogen (secondary N) is 1. The maximum absolute atomic E-state index is 12.0. The molecule has 1 heterocycles. The van der Waals surface area contributed by atoms with Crippen molar-refractivity contribution in [3.63, 3.8) is 0 Å². The summed E-state index contributed by atoms with van der Waals surface area (Å²) in [5, 5.41) is 2.93. The Labute approximate surface area is 121 Å². The molecule has 0 spiro atoms. The van der Waals surface area contributed by atoms with Gasteiger partial charge in [0.15, 0.2) is 0 Å². The van der Waals surface area contributed by atoms with Crippen LogP contribution in [0.3, 0.4) is 0 Å². The second-order valence-corrected chi connectivity index (χ2v) is 5.38. The molecule has 0 aromatic heterocycles. The number of methoxy groups -OCH3 is 1. The van der Waals surface area contributed by atoms with Crippen LogP contribution in [0.2, 0.25) is 0 Å². The first-order chi connectivity index (χ1) is 9.70. The van der Waals surface area contributed by atoms with Crippen molar-refractivity contribution >= 4 is 11.6 Å². The van der Waals surface area contributed by atoms with Gasteiger partial charge in [0, 0.05) is 19.0 Å². The Balaban J connectivity index is 1.83. The van der Waals surface area contributed by atoms with Crippen LogP contribution in [-0.2, 0) is 4.79 Å². The number of piperidine rings is 1. The summed E-state index contributed by atoms with van der Waals surface area (Å²) in [7, 11) is 1.61. The van der Waals surface area contributed by atoms with Crippen molar-refractivity contribution in [3.05, 3.63) is 24.3 Å². The van der Waals surface area contributed by atoms with Gasteiger partial charge in [0.05, 0.1) is 12.8 Å². The number of benzene rings is 1. The van der Waals surface area contributed by atoms with Crippen LogP contribution in [0.15, 0.2) is 24.3 Å². The Kier molecular flexibility index (Phi) is 5.41. The van der Waals surface area contributed by atoms with E-state index in [1.807, 2.05) is 24.3 Å². The highest BCUT2D eigenvalue weighted by Gasteiger charge is 2.18. The Hall–Kier alpha value is -1.55. The molecule has 1 aliphatic rings. The Bertz CT molecular complexity index is 448. The maximum atomic E-state index is 12.0. The number of likely N-dealkylation sites (tertiary alicyclic amines) is 1. The third kappa shape index (κ3) is 3.97. The van der Waals surface area contributed by atoms with Crippen molar-refractivity contribution in [2.24, 2.45) is 0 Å². The number of anilines is 1. The number of carbonyl (C=O) groups is 1. The largest absolute Gasteiger partial charge is 0.495 e. The summed E-state index contributed by atoms with van der Waals surface area (Å²) in [5.41, 5.74) is 0.742. The standard InChI is InChI=1S/C16H24N2O2/c1-13-7-5-6-11-18(13)12-10-16(19)17-14-8-3-4-9-15(14)20-2/h3-4,8-9,13H,5-7,10-12H2,1-2H3,(H,17,19). The van der Waals surface area contributed by atoms with Crippen molar-refractivity contribution in [3.8, 4) is 5.75 Å². The number of rotatable bonds is 5. The smallest absolute Gasteiger partial charge is 0.225 e. The minimum absolute atomic E-state index is 0.0484. The molecule has 1 atom stereocenters. The van der Waals surface area contributed by atoms with E-state index < -0.39 is 0 Å². The van der Waals surface area contributed by atoms with Crippen LogP contribution in [0, 0.1) is 0 Å². The van der Waals surface area contributed by atoms with E-state index in [4.69, 9.17) is 4.74 Å². The van der Waals surface area contributed by atoms with Gasteiger partial charge in [-0.1, -0.05) is 18.6 Å². The van der Waals surface area contributed by atoms with E-state index in [0.29, 0.717) is 18.2 Å². The summed E-state index contributed by atoms with van der Waals surface area (Å²) in [6.07, 6.45) is 4.33. The summed E-state index contributed by atoms with van der Waals surface area (Å²) in [4.78, 5) is 14.4. The SMILES string of the molecule is COc1ccccc1NC(=O)CCN1CCCCC1C. The topological polar surface area (TPSA) is 41.6 Å². The van der Waals surface area contributed by atoms with Crippen LogP contribution in [0.25, 0.3) is 0 Å². The first kappa shape index (κ1) is 14.9. The van der Waals surface area contributed by atoms with Crippen LogP contribution in [-0.4, -0.2) is 37.0 Å². The third-order valence-electron chi connectivity index (χ3n) is 3.95. The van der Waals surface area contributed by atoms with Gasteiger partial charge in [-0.2, -0.15) is 0 Å². The van der Waals surface area contributed by atoms with Crippen LogP contribution < -0.4 is 10.1 Å². The van der Waals surface area contributed by atoms with E-state index in [1.54, 1.807) is 7.11 Å². The summed E-state index contributed by atoms with van der Waals surface area (Å²) < 4.78 is 5.23. The van der Waals surface area contributed by atoms with Crippen LogP contribution >= 0.6 is 0 Å². The molecule has 4 nitrogen and oxygen atoms in total. The number of nitrogens with zero attached hydrogens (tertiary/aromatic N) is 1. The lowest BCUT2D eigenvalue weighted by molar-refractivity contribution is -0.116. The van der Waals surface area contributed by atoms with Crippen LogP contribution in [0.5, 0.6) is 5.75 Å². The zero-order valence-corrected chi connectivity index (χ0v) is 12.4. The molecule has 0 aliphatic carbocycles. The predicted octanol–water partition coefficient (Wildman–Crippen LogP) is 2.90.